The van der Waals surface area contributed by atoms with Gasteiger partial charge in [-0.2, -0.15) is 13.2 Å². The molecule has 4 nitrogen and oxygen atoms in total. The molecule has 0 saturated heterocycles. The van der Waals surface area contributed by atoms with Crippen LogP contribution in [0, 0.1) is 5.41 Å². The monoisotopic (exact) mass is 351 g/mol. The van der Waals surface area contributed by atoms with E-state index in [0.29, 0.717) is 5.02 Å². The molecule has 2 N–H and O–H groups in total. The standard InChI is InChI=1S/C15H17ClF3NO3/c1-14(2,7-9-4-3-5-10(16)6-9)13(23)20-11(12(21)22)8-15(17,18)19/h3-6,11H,7-8H2,1-2H3,(H,20,23)(H,21,22). The Morgan fingerprint density at radius 3 is 2.39 bits per heavy atom. The number of amides is 1. The van der Waals surface area contributed by atoms with Gasteiger partial charge in [0.2, 0.25) is 5.91 Å². The number of aliphatic carboxylic acids is 1. The van der Waals surface area contributed by atoms with Crippen molar-refractivity contribution in [1.82, 2.24) is 5.32 Å². The smallest absolute Gasteiger partial charge is 0.391 e. The molecule has 0 spiro atoms. The van der Waals surface area contributed by atoms with Gasteiger partial charge in [-0.3, -0.25) is 4.79 Å². The van der Waals surface area contributed by atoms with Crippen LogP contribution in [0.2, 0.25) is 5.02 Å². The predicted octanol–water partition coefficient (Wildman–Crippen LogP) is 3.43. The van der Waals surface area contributed by atoms with Crippen molar-refractivity contribution >= 4 is 23.5 Å². The molecule has 0 fully saturated rings. The van der Waals surface area contributed by atoms with Gasteiger partial charge in [-0.1, -0.05) is 37.6 Å². The molecule has 1 unspecified atom stereocenters. The van der Waals surface area contributed by atoms with Gasteiger partial charge in [0.05, 0.1) is 6.42 Å². The molecule has 128 valence electrons. The van der Waals surface area contributed by atoms with E-state index >= 15 is 0 Å². The van der Waals surface area contributed by atoms with Gasteiger partial charge in [0.15, 0.2) is 0 Å². The number of halogens is 4. The number of benzene rings is 1. The molecule has 0 aromatic heterocycles. The highest BCUT2D eigenvalue weighted by molar-refractivity contribution is 6.30. The Bertz CT molecular complexity index is 588. The van der Waals surface area contributed by atoms with Gasteiger partial charge < -0.3 is 10.4 Å². The lowest BCUT2D eigenvalue weighted by atomic mass is 9.84. The highest BCUT2D eigenvalue weighted by atomic mass is 35.5. The van der Waals surface area contributed by atoms with Gasteiger partial charge in [0.1, 0.15) is 6.04 Å². The molecule has 0 radical (unpaired) electrons. The van der Waals surface area contributed by atoms with Crippen LogP contribution >= 0.6 is 11.6 Å². The maximum Gasteiger partial charge on any atom is 0.391 e. The summed E-state index contributed by atoms with van der Waals surface area (Å²) in [7, 11) is 0. The Kier molecular flexibility index (Phi) is 6.04. The molecule has 1 rings (SSSR count). The van der Waals surface area contributed by atoms with Crippen molar-refractivity contribution in [2.45, 2.75) is 38.9 Å². The minimum absolute atomic E-state index is 0.206. The van der Waals surface area contributed by atoms with Crippen LogP contribution in [-0.4, -0.2) is 29.2 Å². The van der Waals surface area contributed by atoms with Crippen molar-refractivity contribution in [3.8, 4) is 0 Å². The Labute approximate surface area is 136 Å². The lowest BCUT2D eigenvalue weighted by Gasteiger charge is -2.26. The van der Waals surface area contributed by atoms with Crippen LogP contribution < -0.4 is 5.32 Å². The minimum Gasteiger partial charge on any atom is -0.480 e. The van der Waals surface area contributed by atoms with E-state index in [9.17, 15) is 22.8 Å². The predicted molar refractivity (Wildman–Crippen MR) is 79.2 cm³/mol. The number of carbonyl (C=O) groups excluding carboxylic acids is 1. The number of hydrogen-bond donors (Lipinski definition) is 2. The van der Waals surface area contributed by atoms with Crippen molar-refractivity contribution < 1.29 is 27.9 Å². The quantitative estimate of drug-likeness (QED) is 0.825. The molecule has 8 heteroatoms. The van der Waals surface area contributed by atoms with Crippen molar-refractivity contribution in [1.29, 1.82) is 0 Å². The largest absolute Gasteiger partial charge is 0.480 e. The third-order valence-electron chi connectivity index (χ3n) is 3.19. The van der Waals surface area contributed by atoms with E-state index in [0.717, 1.165) is 5.56 Å². The fourth-order valence-electron chi connectivity index (χ4n) is 2.02. The summed E-state index contributed by atoms with van der Waals surface area (Å²) in [5.74, 6) is -2.50. The molecule has 1 atom stereocenters. The first kappa shape index (κ1) is 19.3. The second-order valence-electron chi connectivity index (χ2n) is 5.87. The number of rotatable bonds is 6. The molecule has 0 saturated carbocycles. The van der Waals surface area contributed by atoms with E-state index in [1.54, 1.807) is 24.3 Å². The van der Waals surface area contributed by atoms with Crippen LogP contribution in [0.4, 0.5) is 13.2 Å². The van der Waals surface area contributed by atoms with E-state index in [4.69, 9.17) is 16.7 Å². The molecular weight excluding hydrogens is 335 g/mol. The van der Waals surface area contributed by atoms with E-state index in [1.807, 2.05) is 5.32 Å². The molecule has 0 heterocycles. The van der Waals surface area contributed by atoms with E-state index in [-0.39, 0.29) is 6.42 Å². The van der Waals surface area contributed by atoms with Crippen LogP contribution in [0.25, 0.3) is 0 Å². The summed E-state index contributed by atoms with van der Waals surface area (Å²) in [6, 6.07) is 4.70. The van der Waals surface area contributed by atoms with Crippen LogP contribution in [0.5, 0.6) is 0 Å². The zero-order valence-electron chi connectivity index (χ0n) is 12.6. The third kappa shape index (κ3) is 6.48. The Balaban J connectivity index is 2.82. The SMILES string of the molecule is CC(C)(Cc1cccc(Cl)c1)C(=O)NC(CC(F)(F)F)C(=O)O. The van der Waals surface area contributed by atoms with Crippen LogP contribution in [-0.2, 0) is 16.0 Å². The summed E-state index contributed by atoms with van der Waals surface area (Å²) < 4.78 is 37.1. The van der Waals surface area contributed by atoms with Gasteiger partial charge in [-0.15, -0.1) is 0 Å². The van der Waals surface area contributed by atoms with Crippen LogP contribution in [0.3, 0.4) is 0 Å². The zero-order valence-corrected chi connectivity index (χ0v) is 13.3. The van der Waals surface area contributed by atoms with Crippen molar-refractivity contribution in [2.24, 2.45) is 5.41 Å². The summed E-state index contributed by atoms with van der Waals surface area (Å²) in [6.07, 6.45) is -6.10. The number of carbonyl (C=O) groups is 2. The first-order chi connectivity index (χ1) is 10.4. The van der Waals surface area contributed by atoms with Gasteiger partial charge in [-0.05, 0) is 24.1 Å². The third-order valence-corrected chi connectivity index (χ3v) is 3.42. The average Bonchev–Trinajstić information content (AvgIpc) is 2.35. The maximum absolute atomic E-state index is 12.4. The van der Waals surface area contributed by atoms with E-state index < -0.39 is 35.9 Å². The van der Waals surface area contributed by atoms with E-state index in [1.165, 1.54) is 13.8 Å². The lowest BCUT2D eigenvalue weighted by Crippen LogP contribution is -2.49. The lowest BCUT2D eigenvalue weighted by molar-refractivity contribution is -0.160. The zero-order chi connectivity index (χ0) is 17.8. The Hall–Kier alpha value is -1.76. The molecule has 1 aromatic rings. The first-order valence-electron chi connectivity index (χ1n) is 6.76. The van der Waals surface area contributed by atoms with Crippen LogP contribution in [0.1, 0.15) is 25.8 Å². The summed E-state index contributed by atoms with van der Waals surface area (Å²) in [4.78, 5) is 23.1. The molecule has 0 bridgehead atoms. The molecular formula is C15H17ClF3NO3. The number of alkyl halides is 3. The topological polar surface area (TPSA) is 66.4 Å². The fourth-order valence-corrected chi connectivity index (χ4v) is 2.24. The summed E-state index contributed by atoms with van der Waals surface area (Å²) in [5.41, 5.74) is -0.371. The summed E-state index contributed by atoms with van der Waals surface area (Å²) in [5, 5.41) is 11.3. The van der Waals surface area contributed by atoms with Gasteiger partial charge in [-0.25, -0.2) is 4.79 Å². The van der Waals surface area contributed by atoms with Crippen molar-refractivity contribution in [3.05, 3.63) is 34.9 Å². The second-order valence-corrected chi connectivity index (χ2v) is 6.31. The summed E-state index contributed by atoms with van der Waals surface area (Å²) in [6.45, 7) is 3.05. The van der Waals surface area contributed by atoms with Gasteiger partial charge in [0.25, 0.3) is 0 Å². The van der Waals surface area contributed by atoms with Gasteiger partial charge in [0, 0.05) is 10.4 Å². The first-order valence-corrected chi connectivity index (χ1v) is 7.13. The number of nitrogens with one attached hydrogen (secondary N) is 1. The Morgan fingerprint density at radius 2 is 1.91 bits per heavy atom. The molecule has 0 aliphatic rings. The Morgan fingerprint density at radius 1 is 1.30 bits per heavy atom. The fraction of sp³-hybridized carbons (Fsp3) is 0.467. The highest BCUT2D eigenvalue weighted by Crippen LogP contribution is 2.26. The number of carboxylic acid groups (broad SMARTS) is 1. The molecule has 23 heavy (non-hydrogen) atoms. The molecule has 0 aliphatic heterocycles. The van der Waals surface area contributed by atoms with E-state index in [2.05, 4.69) is 0 Å². The second kappa shape index (κ2) is 7.21. The average molecular weight is 352 g/mol. The maximum atomic E-state index is 12.4. The summed E-state index contributed by atoms with van der Waals surface area (Å²) >= 11 is 5.85. The van der Waals surface area contributed by atoms with Crippen molar-refractivity contribution in [2.75, 3.05) is 0 Å². The highest BCUT2D eigenvalue weighted by Gasteiger charge is 2.38. The normalized spacial score (nSPS) is 13.5. The minimum atomic E-state index is -4.69. The molecule has 1 amide bonds. The molecule has 1 aromatic carbocycles. The molecule has 0 aliphatic carbocycles. The number of carboxylic acids is 1. The van der Waals surface area contributed by atoms with Crippen LogP contribution in [0.15, 0.2) is 24.3 Å². The van der Waals surface area contributed by atoms with Crippen molar-refractivity contribution in [3.63, 3.8) is 0 Å². The van der Waals surface area contributed by atoms with Gasteiger partial charge >= 0.3 is 12.1 Å². The number of hydrogen-bond acceptors (Lipinski definition) is 2.